The molecule has 0 fully saturated rings. The number of nitrogens with two attached hydrogens (primary N) is 1. The smallest absolute Gasteiger partial charge is 0.506 e. The molecule has 6 aromatic rings. The first-order valence-corrected chi connectivity index (χ1v) is 16.2. The average molecular weight is 785 g/mol. The molecule has 19 heteroatoms. The van der Waals surface area contributed by atoms with E-state index in [0.717, 1.165) is 35.7 Å². The molecular formula is C34H27CrN7NaO9S+. The molecule has 6 rings (SSSR count). The van der Waals surface area contributed by atoms with Crippen LogP contribution in [-0.2, 0) is 32.2 Å². The number of hydrogen-bond donors (Lipinski definition) is 6. The van der Waals surface area contributed by atoms with Crippen molar-refractivity contribution in [3.63, 3.8) is 0 Å². The molecule has 1 amide bonds. The first-order valence-electron chi connectivity index (χ1n) is 14.6. The fourth-order valence-corrected chi connectivity index (χ4v) is 5.30. The summed E-state index contributed by atoms with van der Waals surface area (Å²) in [7, 11) is -3.93. The zero-order chi connectivity index (χ0) is 36.9. The number of carbonyl (C=O) groups is 1. The number of nitro benzene ring substituents is 1. The average Bonchev–Trinajstić information content (AvgIpc) is 3.08. The first kappa shape index (κ1) is 42.0. The third kappa shape index (κ3) is 10.1. The number of azo groups is 2. The van der Waals surface area contributed by atoms with Crippen LogP contribution in [0.3, 0.4) is 0 Å². The summed E-state index contributed by atoms with van der Waals surface area (Å²) >= 11 is 0. The summed E-state index contributed by atoms with van der Waals surface area (Å²) < 4.78 is 22.8. The second-order valence-electron chi connectivity index (χ2n) is 10.7. The molecule has 0 bridgehead atoms. The SMILES string of the molecule is CC(=O)Nc1cccc2ccc(O)c(N=Nc3cc([N+](=O)[O-])ccc3O)c12.NS(=O)(=O)c1ccc(O)c(N=Nc2c(O)ccc3ccccc23)c1.[Cr].[Na+]. The van der Waals surface area contributed by atoms with Gasteiger partial charge in [-0.3, -0.25) is 14.9 Å². The number of anilines is 1. The third-order valence-corrected chi connectivity index (χ3v) is 8.06. The second kappa shape index (κ2) is 17.9. The Morgan fingerprint density at radius 3 is 1.91 bits per heavy atom. The minimum absolute atomic E-state index is 0. The van der Waals surface area contributed by atoms with E-state index in [0.29, 0.717) is 21.8 Å². The Bertz CT molecular complexity index is 2520. The summed E-state index contributed by atoms with van der Waals surface area (Å²) in [4.78, 5) is 21.5. The molecule has 0 spiro atoms. The van der Waals surface area contributed by atoms with Gasteiger partial charge in [-0.1, -0.05) is 48.5 Å². The van der Waals surface area contributed by atoms with Crippen LogP contribution in [0.25, 0.3) is 21.5 Å². The van der Waals surface area contributed by atoms with Crippen LogP contribution in [0.15, 0.2) is 128 Å². The quantitative estimate of drug-likeness (QED) is 0.0559. The van der Waals surface area contributed by atoms with Gasteiger partial charge in [0.2, 0.25) is 15.9 Å². The Hall–Kier alpha value is -5.45. The Balaban J connectivity index is 0.000000277. The molecule has 0 aromatic heterocycles. The van der Waals surface area contributed by atoms with Gasteiger partial charge in [-0.2, -0.15) is 0 Å². The van der Waals surface area contributed by atoms with Gasteiger partial charge in [0.25, 0.3) is 5.69 Å². The van der Waals surface area contributed by atoms with Crippen molar-refractivity contribution in [2.24, 2.45) is 25.6 Å². The van der Waals surface area contributed by atoms with Crippen LogP contribution < -0.4 is 40.0 Å². The Kier molecular flexibility index (Phi) is 14.1. The van der Waals surface area contributed by atoms with Crippen molar-refractivity contribution >= 4 is 71.6 Å². The summed E-state index contributed by atoms with van der Waals surface area (Å²) in [5, 5.41) is 76.8. The number of sulfonamides is 1. The molecule has 16 nitrogen and oxygen atoms in total. The van der Waals surface area contributed by atoms with E-state index in [1.807, 2.05) is 12.1 Å². The number of benzene rings is 6. The number of nitrogens with zero attached hydrogens (tertiary/aromatic N) is 5. The van der Waals surface area contributed by atoms with Gasteiger partial charge < -0.3 is 25.7 Å². The van der Waals surface area contributed by atoms with Crippen molar-refractivity contribution in [2.75, 3.05) is 5.32 Å². The Morgan fingerprint density at radius 2 is 1.26 bits per heavy atom. The van der Waals surface area contributed by atoms with Crippen molar-refractivity contribution in [1.29, 1.82) is 0 Å². The number of nitro groups is 1. The van der Waals surface area contributed by atoms with Gasteiger partial charge >= 0.3 is 29.6 Å². The molecule has 0 saturated carbocycles. The number of fused-ring (bicyclic) bond motifs is 2. The van der Waals surface area contributed by atoms with E-state index in [9.17, 15) is 43.8 Å². The first-order chi connectivity index (χ1) is 24.2. The van der Waals surface area contributed by atoms with E-state index in [1.54, 1.807) is 42.5 Å². The molecule has 6 aromatic carbocycles. The summed E-state index contributed by atoms with van der Waals surface area (Å²) in [6.07, 6.45) is 0. The molecule has 0 radical (unpaired) electrons. The third-order valence-electron chi connectivity index (χ3n) is 7.15. The van der Waals surface area contributed by atoms with Gasteiger partial charge in [0.1, 0.15) is 45.7 Å². The number of amides is 1. The molecule has 0 atom stereocenters. The molecule has 53 heavy (non-hydrogen) atoms. The van der Waals surface area contributed by atoms with Crippen LogP contribution in [0.2, 0.25) is 0 Å². The Labute approximate surface area is 334 Å². The van der Waals surface area contributed by atoms with Crippen LogP contribution >= 0.6 is 0 Å². The maximum atomic E-state index is 11.5. The number of rotatable bonds is 7. The van der Waals surface area contributed by atoms with E-state index >= 15 is 0 Å². The molecule has 0 saturated heterocycles. The van der Waals surface area contributed by atoms with E-state index in [2.05, 4.69) is 25.8 Å². The summed E-state index contributed by atoms with van der Waals surface area (Å²) in [5.41, 5.74) is 0.235. The number of aromatic hydroxyl groups is 4. The molecule has 0 aliphatic carbocycles. The van der Waals surface area contributed by atoms with E-state index in [1.165, 1.54) is 25.1 Å². The summed E-state index contributed by atoms with van der Waals surface area (Å²) in [6.45, 7) is 1.35. The molecule has 0 aliphatic heterocycles. The fraction of sp³-hybridized carbons (Fsp3) is 0.0294. The van der Waals surface area contributed by atoms with Gasteiger partial charge in [0.15, 0.2) is 0 Å². The number of hydrogen-bond acceptors (Lipinski definition) is 13. The van der Waals surface area contributed by atoms with Crippen LogP contribution in [0.4, 0.5) is 34.1 Å². The minimum Gasteiger partial charge on any atom is -0.506 e. The van der Waals surface area contributed by atoms with E-state index < -0.39 is 14.9 Å². The van der Waals surface area contributed by atoms with Crippen LogP contribution in [0.5, 0.6) is 23.0 Å². The zero-order valence-electron chi connectivity index (χ0n) is 27.8. The van der Waals surface area contributed by atoms with Crippen LogP contribution in [-0.4, -0.2) is 39.7 Å². The van der Waals surface area contributed by atoms with Crippen LogP contribution in [0.1, 0.15) is 6.92 Å². The topological polar surface area (TPSA) is 263 Å². The number of non-ortho nitro benzene ring substituents is 1. The molecule has 264 valence electrons. The maximum absolute atomic E-state index is 11.5. The van der Waals surface area contributed by atoms with Crippen molar-refractivity contribution in [2.45, 2.75) is 11.8 Å². The molecule has 0 aliphatic rings. The second-order valence-corrected chi connectivity index (χ2v) is 12.3. The van der Waals surface area contributed by atoms with Crippen molar-refractivity contribution in [3.8, 4) is 23.0 Å². The number of phenolic OH excluding ortho intramolecular Hbond substituents is 4. The number of primary sulfonamides is 1. The van der Waals surface area contributed by atoms with Gasteiger partial charge in [-0.15, -0.1) is 20.5 Å². The zero-order valence-corrected chi connectivity index (χ0v) is 31.9. The molecule has 0 heterocycles. The van der Waals surface area contributed by atoms with Gasteiger partial charge in [-0.25, -0.2) is 13.6 Å². The van der Waals surface area contributed by atoms with E-state index in [-0.39, 0.29) is 109 Å². The normalized spacial score (nSPS) is 11.1. The van der Waals surface area contributed by atoms with E-state index in [4.69, 9.17) is 5.14 Å². The molecule has 7 N–H and O–H groups in total. The predicted octanol–water partition coefficient (Wildman–Crippen LogP) is 4.85. The number of carbonyl (C=O) groups excluding carboxylic acids is 1. The largest absolute Gasteiger partial charge is 1.00 e. The van der Waals surface area contributed by atoms with Crippen molar-refractivity contribution in [3.05, 3.63) is 113 Å². The van der Waals surface area contributed by atoms with Crippen molar-refractivity contribution in [1.82, 2.24) is 0 Å². The summed E-state index contributed by atoms with van der Waals surface area (Å²) in [6, 6.07) is 25.5. The predicted molar refractivity (Wildman–Crippen MR) is 188 cm³/mol. The number of phenols is 4. The summed E-state index contributed by atoms with van der Waals surface area (Å²) in [5.74, 6) is -1.14. The van der Waals surface area contributed by atoms with Gasteiger partial charge in [0, 0.05) is 47.2 Å². The monoisotopic (exact) mass is 784 g/mol. The van der Waals surface area contributed by atoms with Crippen LogP contribution in [0, 0.1) is 10.1 Å². The van der Waals surface area contributed by atoms with Crippen molar-refractivity contribution < 1.29 is 85.5 Å². The fourth-order valence-electron chi connectivity index (χ4n) is 4.77. The minimum atomic E-state index is -3.93. The standard InChI is InChI=1S/C18H14N4O5.C16H13N3O4S.Cr.Na/c1-10(23)19-13-4-2-3-11-5-7-16(25)18(17(11)13)21-20-14-9-12(22(26)27)6-8-15(14)24;17-24(22,23)11-6-8-14(20)13(9-11)18-19-16-12-4-2-1-3-10(12)5-7-15(16)21;;/h2-9,24-25H,1H3,(H,19,23);1-9,20-21H,(H2,17,22,23);;/q;;;+1. The Morgan fingerprint density at radius 1 is 0.717 bits per heavy atom. The molecular weight excluding hydrogens is 757 g/mol. The van der Waals surface area contributed by atoms with Gasteiger partial charge in [-0.05, 0) is 53.2 Å². The number of nitrogens with one attached hydrogen (secondary N) is 1. The maximum Gasteiger partial charge on any atom is 1.00 e. The molecule has 0 unspecified atom stereocenters. The van der Waals surface area contributed by atoms with Gasteiger partial charge in [0.05, 0.1) is 15.5 Å².